The summed E-state index contributed by atoms with van der Waals surface area (Å²) >= 11 is 1.00. The van der Waals surface area contributed by atoms with Crippen LogP contribution in [0.4, 0.5) is 5.00 Å². The predicted molar refractivity (Wildman–Crippen MR) is 92.4 cm³/mol. The van der Waals surface area contributed by atoms with Gasteiger partial charge in [-0.2, -0.15) is 0 Å². The van der Waals surface area contributed by atoms with Gasteiger partial charge in [0.2, 0.25) is 5.91 Å². The lowest BCUT2D eigenvalue weighted by Crippen LogP contribution is -2.42. The van der Waals surface area contributed by atoms with Crippen molar-refractivity contribution < 1.29 is 19.1 Å². The van der Waals surface area contributed by atoms with Crippen molar-refractivity contribution in [2.24, 2.45) is 5.73 Å². The zero-order valence-electron chi connectivity index (χ0n) is 14.2. The van der Waals surface area contributed by atoms with E-state index in [0.717, 1.165) is 30.7 Å². The molecule has 132 valence electrons. The van der Waals surface area contributed by atoms with Crippen LogP contribution in [-0.2, 0) is 9.53 Å². The number of rotatable bonds is 5. The topological polar surface area (TPSA) is 102 Å². The average molecular weight is 353 g/mol. The minimum absolute atomic E-state index is 0.191. The zero-order valence-corrected chi connectivity index (χ0v) is 15.0. The van der Waals surface area contributed by atoms with Gasteiger partial charge in [0.15, 0.2) is 0 Å². The molecule has 0 spiro atoms. The average Bonchev–Trinajstić information content (AvgIpc) is 2.85. The number of thiophene rings is 1. The highest BCUT2D eigenvalue weighted by molar-refractivity contribution is 7.18. The number of nitrogens with zero attached hydrogens (tertiary/aromatic N) is 1. The summed E-state index contributed by atoms with van der Waals surface area (Å²) in [5.74, 6) is -1.45. The van der Waals surface area contributed by atoms with Crippen molar-refractivity contribution in [3.05, 3.63) is 16.0 Å². The summed E-state index contributed by atoms with van der Waals surface area (Å²) in [5.41, 5.74) is 5.96. The number of primary amides is 1. The molecule has 0 radical (unpaired) electrons. The molecule has 0 saturated carbocycles. The lowest BCUT2D eigenvalue weighted by molar-refractivity contribution is -0.118. The van der Waals surface area contributed by atoms with Gasteiger partial charge >= 0.3 is 5.97 Å². The first kappa shape index (κ1) is 18.4. The van der Waals surface area contributed by atoms with Crippen LogP contribution in [0.2, 0.25) is 0 Å². The summed E-state index contributed by atoms with van der Waals surface area (Å²) < 4.78 is 4.75. The molecule has 0 aliphatic carbocycles. The lowest BCUT2D eigenvalue weighted by atomic mass is 10.0. The molecule has 1 saturated heterocycles. The van der Waals surface area contributed by atoms with E-state index in [1.165, 1.54) is 13.5 Å². The van der Waals surface area contributed by atoms with Crippen LogP contribution < -0.4 is 11.1 Å². The Hall–Kier alpha value is -1.93. The molecule has 2 amide bonds. The van der Waals surface area contributed by atoms with Crippen molar-refractivity contribution in [1.29, 1.82) is 0 Å². The number of hydrogen-bond acceptors (Lipinski definition) is 6. The van der Waals surface area contributed by atoms with E-state index >= 15 is 0 Å². The van der Waals surface area contributed by atoms with Crippen LogP contribution >= 0.6 is 11.3 Å². The van der Waals surface area contributed by atoms with Crippen LogP contribution in [0.1, 0.15) is 51.8 Å². The first-order valence-corrected chi connectivity index (χ1v) is 8.72. The summed E-state index contributed by atoms with van der Waals surface area (Å²) in [6.07, 6.45) is 3.33. The van der Waals surface area contributed by atoms with Gasteiger partial charge < -0.3 is 15.8 Å². The van der Waals surface area contributed by atoms with Gasteiger partial charge in [-0.05, 0) is 38.8 Å². The molecule has 7 nitrogen and oxygen atoms in total. The third-order valence-electron chi connectivity index (χ3n) is 4.30. The molecule has 0 bridgehead atoms. The minimum atomic E-state index is -0.632. The number of anilines is 1. The molecule has 2 heterocycles. The van der Waals surface area contributed by atoms with Crippen LogP contribution in [0.25, 0.3) is 0 Å². The Balaban J connectivity index is 2.18. The van der Waals surface area contributed by atoms with Crippen molar-refractivity contribution in [2.45, 2.75) is 39.2 Å². The fraction of sp³-hybridized carbons (Fsp3) is 0.562. The Labute approximate surface area is 145 Å². The second-order valence-corrected chi connectivity index (χ2v) is 7.00. The number of carbonyl (C=O) groups excluding carboxylic acids is 3. The number of carbonyl (C=O) groups is 3. The second kappa shape index (κ2) is 7.76. The molecule has 1 aliphatic rings. The van der Waals surface area contributed by atoms with E-state index in [0.29, 0.717) is 16.6 Å². The minimum Gasteiger partial charge on any atom is -0.465 e. The fourth-order valence-electron chi connectivity index (χ4n) is 2.93. The summed E-state index contributed by atoms with van der Waals surface area (Å²) in [6.45, 7) is 4.86. The summed E-state index contributed by atoms with van der Waals surface area (Å²) in [5, 5.41) is 3.05. The Morgan fingerprint density at radius 3 is 2.67 bits per heavy atom. The van der Waals surface area contributed by atoms with Crippen molar-refractivity contribution in [3.63, 3.8) is 0 Å². The van der Waals surface area contributed by atoms with E-state index in [-0.39, 0.29) is 22.9 Å². The Bertz CT molecular complexity index is 656. The van der Waals surface area contributed by atoms with Gasteiger partial charge in [0.1, 0.15) is 5.00 Å². The monoisotopic (exact) mass is 353 g/mol. The number of methoxy groups -OCH3 is 1. The molecule has 1 aliphatic heterocycles. The van der Waals surface area contributed by atoms with Crippen LogP contribution in [0.15, 0.2) is 0 Å². The Kier molecular flexibility index (Phi) is 5.95. The molecule has 24 heavy (non-hydrogen) atoms. The Morgan fingerprint density at radius 1 is 1.38 bits per heavy atom. The van der Waals surface area contributed by atoms with Gasteiger partial charge in [0, 0.05) is 6.04 Å². The summed E-state index contributed by atoms with van der Waals surface area (Å²) in [7, 11) is 1.25. The van der Waals surface area contributed by atoms with Crippen molar-refractivity contribution >= 4 is 34.1 Å². The normalized spacial score (nSPS) is 18.2. The summed E-state index contributed by atoms with van der Waals surface area (Å²) in [6, 6.07) is 0.357. The van der Waals surface area contributed by atoms with Gasteiger partial charge in [0.05, 0.1) is 24.1 Å². The Morgan fingerprint density at radius 2 is 2.08 bits per heavy atom. The zero-order chi connectivity index (χ0) is 17.9. The number of esters is 1. The molecule has 1 unspecified atom stereocenters. The van der Waals surface area contributed by atoms with Gasteiger partial charge in [-0.15, -0.1) is 11.3 Å². The number of piperidine rings is 1. The van der Waals surface area contributed by atoms with Gasteiger partial charge in [0.25, 0.3) is 5.91 Å². The predicted octanol–water partition coefficient (Wildman–Crippen LogP) is 1.75. The van der Waals surface area contributed by atoms with Crippen LogP contribution in [0, 0.1) is 6.92 Å². The second-order valence-electron chi connectivity index (χ2n) is 5.98. The number of hydrogen-bond donors (Lipinski definition) is 2. The number of nitrogens with two attached hydrogens (primary N) is 1. The molecule has 8 heteroatoms. The van der Waals surface area contributed by atoms with E-state index in [1.807, 2.05) is 0 Å². The smallest absolute Gasteiger partial charge is 0.341 e. The van der Waals surface area contributed by atoms with Crippen molar-refractivity contribution in [3.8, 4) is 0 Å². The molecular formula is C16H23N3O4S. The standard InChI is InChI=1S/C16H23N3O4S/c1-9-6-4-5-7-19(9)8-11(20)18-15-12(16(22)23-3)10(2)13(24-15)14(17)21/h9H,4-8H2,1-3H3,(H2,17,21)(H,18,20). The van der Waals surface area contributed by atoms with Crippen LogP contribution in [0.3, 0.4) is 0 Å². The van der Waals surface area contributed by atoms with Gasteiger partial charge in [-0.3, -0.25) is 14.5 Å². The van der Waals surface area contributed by atoms with E-state index < -0.39 is 11.9 Å². The summed E-state index contributed by atoms with van der Waals surface area (Å²) in [4.78, 5) is 38.2. The van der Waals surface area contributed by atoms with E-state index in [4.69, 9.17) is 10.5 Å². The van der Waals surface area contributed by atoms with Crippen LogP contribution in [-0.4, -0.2) is 48.9 Å². The fourth-order valence-corrected chi connectivity index (χ4v) is 3.99. The molecule has 2 rings (SSSR count). The SMILES string of the molecule is COC(=O)c1c(NC(=O)CN2CCCCC2C)sc(C(N)=O)c1C. The highest BCUT2D eigenvalue weighted by atomic mass is 32.1. The highest BCUT2D eigenvalue weighted by Crippen LogP contribution is 2.33. The first-order chi connectivity index (χ1) is 11.3. The maximum atomic E-state index is 12.4. The van der Waals surface area contributed by atoms with E-state index in [2.05, 4.69) is 17.1 Å². The molecular weight excluding hydrogens is 330 g/mol. The highest BCUT2D eigenvalue weighted by Gasteiger charge is 2.26. The number of ether oxygens (including phenoxy) is 1. The maximum Gasteiger partial charge on any atom is 0.341 e. The van der Waals surface area contributed by atoms with E-state index in [1.54, 1.807) is 6.92 Å². The third kappa shape index (κ3) is 3.93. The quantitative estimate of drug-likeness (QED) is 0.785. The van der Waals surface area contributed by atoms with Gasteiger partial charge in [-0.1, -0.05) is 6.42 Å². The third-order valence-corrected chi connectivity index (χ3v) is 5.52. The van der Waals surface area contributed by atoms with E-state index in [9.17, 15) is 14.4 Å². The number of amides is 2. The molecule has 3 N–H and O–H groups in total. The van der Waals surface area contributed by atoms with Crippen molar-refractivity contribution in [2.75, 3.05) is 25.5 Å². The van der Waals surface area contributed by atoms with Crippen molar-refractivity contribution in [1.82, 2.24) is 4.90 Å². The lowest BCUT2D eigenvalue weighted by Gasteiger charge is -2.32. The number of likely N-dealkylation sites (tertiary alicyclic amines) is 1. The van der Waals surface area contributed by atoms with Crippen LogP contribution in [0.5, 0.6) is 0 Å². The first-order valence-electron chi connectivity index (χ1n) is 7.90. The number of nitrogens with one attached hydrogen (secondary N) is 1. The molecule has 1 aromatic rings. The van der Waals surface area contributed by atoms with Gasteiger partial charge in [-0.25, -0.2) is 4.79 Å². The maximum absolute atomic E-state index is 12.4. The largest absolute Gasteiger partial charge is 0.465 e. The molecule has 1 fully saturated rings. The molecule has 0 aromatic carbocycles. The molecule has 1 atom stereocenters. The molecule has 1 aromatic heterocycles.